The molecule has 0 unspecified atom stereocenters. The number of aliphatic hydroxyl groups is 1. The number of hydrogen-bond donors (Lipinski definition) is 3. The molecule has 0 aliphatic carbocycles. The zero-order chi connectivity index (χ0) is 14.6. The van der Waals surface area contributed by atoms with E-state index in [0.29, 0.717) is 12.4 Å². The Morgan fingerprint density at radius 1 is 1.20 bits per heavy atom. The van der Waals surface area contributed by atoms with E-state index in [9.17, 15) is 4.79 Å². The van der Waals surface area contributed by atoms with Gasteiger partial charge in [-0.3, -0.25) is 0 Å². The number of carbonyl (C=O) groups is 1. The molecule has 0 heterocycles. The minimum Gasteiger partial charge on any atom is -0.396 e. The van der Waals surface area contributed by atoms with Crippen LogP contribution in [0.3, 0.4) is 0 Å². The fraction of sp³-hybridized carbons (Fsp3) is 0.533. The highest BCUT2D eigenvalue weighted by atomic mass is 35.5. The number of amides is 2. The van der Waals surface area contributed by atoms with E-state index in [1.54, 1.807) is 0 Å². The van der Waals surface area contributed by atoms with Crippen molar-refractivity contribution in [2.45, 2.75) is 32.1 Å². The molecular weight excluding hydrogens is 276 g/mol. The summed E-state index contributed by atoms with van der Waals surface area (Å²) in [5.41, 5.74) is 2.01. The molecule has 0 atom stereocenters. The molecule has 2 amide bonds. The number of carbonyl (C=O) groups excluding carboxylic acids is 1. The summed E-state index contributed by atoms with van der Waals surface area (Å²) in [6.45, 7) is 0.731. The van der Waals surface area contributed by atoms with Gasteiger partial charge in [0.25, 0.3) is 0 Å². The van der Waals surface area contributed by atoms with Crippen LogP contribution in [0.25, 0.3) is 0 Å². The van der Waals surface area contributed by atoms with Gasteiger partial charge >= 0.3 is 6.03 Å². The van der Waals surface area contributed by atoms with E-state index in [4.69, 9.17) is 16.7 Å². The van der Waals surface area contributed by atoms with Crippen LogP contribution in [0.2, 0.25) is 0 Å². The summed E-state index contributed by atoms with van der Waals surface area (Å²) in [5.74, 6) is 0.404. The number of benzene rings is 1. The Hall–Kier alpha value is -1.26. The predicted octanol–water partition coefficient (Wildman–Crippen LogP) is 3.14. The second kappa shape index (κ2) is 10.5. The molecule has 5 heteroatoms. The Morgan fingerprint density at radius 2 is 2.00 bits per heavy atom. The SMILES string of the molecule is O=C(NCCCl)Nc1cccc(CCCCCCO)c1. The van der Waals surface area contributed by atoms with Crippen molar-refractivity contribution in [2.24, 2.45) is 0 Å². The number of aryl methyl sites for hydroxylation is 1. The largest absolute Gasteiger partial charge is 0.396 e. The van der Waals surface area contributed by atoms with Gasteiger partial charge in [0.2, 0.25) is 0 Å². The van der Waals surface area contributed by atoms with Crippen molar-refractivity contribution in [2.75, 3.05) is 24.3 Å². The number of aliphatic hydroxyl groups excluding tert-OH is 1. The number of nitrogens with one attached hydrogen (secondary N) is 2. The molecule has 0 aliphatic heterocycles. The molecule has 0 radical (unpaired) electrons. The van der Waals surface area contributed by atoms with Crippen molar-refractivity contribution in [3.05, 3.63) is 29.8 Å². The van der Waals surface area contributed by atoms with E-state index in [1.807, 2.05) is 18.2 Å². The molecular formula is C15H23ClN2O2. The molecule has 20 heavy (non-hydrogen) atoms. The predicted molar refractivity (Wildman–Crippen MR) is 83.4 cm³/mol. The summed E-state index contributed by atoms with van der Waals surface area (Å²) in [5, 5.41) is 14.2. The lowest BCUT2D eigenvalue weighted by molar-refractivity contribution is 0.252. The molecule has 4 nitrogen and oxygen atoms in total. The Balaban J connectivity index is 2.35. The van der Waals surface area contributed by atoms with Gasteiger partial charge in [0, 0.05) is 24.7 Å². The number of unbranched alkanes of at least 4 members (excludes halogenated alkanes) is 3. The summed E-state index contributed by atoms with van der Waals surface area (Å²) >= 11 is 5.51. The van der Waals surface area contributed by atoms with E-state index in [-0.39, 0.29) is 12.6 Å². The monoisotopic (exact) mass is 298 g/mol. The third-order valence-electron chi connectivity index (χ3n) is 2.94. The quantitative estimate of drug-likeness (QED) is 0.484. The molecule has 0 bridgehead atoms. The second-order valence-corrected chi connectivity index (χ2v) is 5.04. The zero-order valence-corrected chi connectivity index (χ0v) is 12.5. The number of alkyl halides is 1. The number of urea groups is 1. The van der Waals surface area contributed by atoms with Crippen LogP contribution in [0.1, 0.15) is 31.2 Å². The fourth-order valence-corrected chi connectivity index (χ4v) is 2.03. The normalized spacial score (nSPS) is 10.3. The van der Waals surface area contributed by atoms with E-state index in [0.717, 1.165) is 37.8 Å². The molecule has 0 aliphatic rings. The maximum atomic E-state index is 11.5. The lowest BCUT2D eigenvalue weighted by atomic mass is 10.1. The third kappa shape index (κ3) is 7.36. The highest BCUT2D eigenvalue weighted by molar-refractivity contribution is 6.18. The van der Waals surface area contributed by atoms with Crippen molar-refractivity contribution in [3.8, 4) is 0 Å². The van der Waals surface area contributed by atoms with Crippen LogP contribution in [0, 0.1) is 0 Å². The van der Waals surface area contributed by atoms with Gasteiger partial charge in [-0.25, -0.2) is 4.79 Å². The number of hydrogen-bond acceptors (Lipinski definition) is 2. The summed E-state index contributed by atoms with van der Waals surface area (Å²) in [6.07, 6.45) is 5.15. The average Bonchev–Trinajstić information content (AvgIpc) is 2.45. The van der Waals surface area contributed by atoms with Crippen LogP contribution in [-0.4, -0.2) is 30.2 Å². The zero-order valence-electron chi connectivity index (χ0n) is 11.7. The minimum atomic E-state index is -0.231. The molecule has 3 N–H and O–H groups in total. The molecule has 0 saturated heterocycles. The van der Waals surface area contributed by atoms with Crippen molar-refractivity contribution in [3.63, 3.8) is 0 Å². The maximum absolute atomic E-state index is 11.5. The van der Waals surface area contributed by atoms with Gasteiger partial charge in [-0.05, 0) is 37.0 Å². The van der Waals surface area contributed by atoms with Crippen LogP contribution < -0.4 is 10.6 Å². The van der Waals surface area contributed by atoms with Crippen molar-refractivity contribution >= 4 is 23.3 Å². The first-order chi connectivity index (χ1) is 9.76. The van der Waals surface area contributed by atoms with Gasteiger partial charge in [-0.15, -0.1) is 11.6 Å². The highest BCUT2D eigenvalue weighted by Crippen LogP contribution is 2.13. The molecule has 0 saturated carbocycles. The Bertz CT molecular complexity index is 399. The smallest absolute Gasteiger partial charge is 0.319 e. The lowest BCUT2D eigenvalue weighted by Crippen LogP contribution is -2.30. The van der Waals surface area contributed by atoms with Gasteiger partial charge in [0.05, 0.1) is 0 Å². The third-order valence-corrected chi connectivity index (χ3v) is 3.13. The van der Waals surface area contributed by atoms with Crippen molar-refractivity contribution < 1.29 is 9.90 Å². The molecule has 1 rings (SSSR count). The standard InChI is InChI=1S/C15H23ClN2O2/c16-9-10-17-15(20)18-14-8-5-7-13(12-14)6-3-1-2-4-11-19/h5,7-8,12,19H,1-4,6,9-11H2,(H2,17,18,20). The minimum absolute atomic E-state index is 0.231. The first kappa shape index (κ1) is 16.8. The molecule has 0 fully saturated rings. The van der Waals surface area contributed by atoms with Crippen LogP contribution >= 0.6 is 11.6 Å². The van der Waals surface area contributed by atoms with Gasteiger partial charge in [-0.1, -0.05) is 25.0 Å². The Morgan fingerprint density at radius 3 is 2.75 bits per heavy atom. The van der Waals surface area contributed by atoms with Crippen LogP contribution in [-0.2, 0) is 6.42 Å². The van der Waals surface area contributed by atoms with Gasteiger partial charge < -0.3 is 15.7 Å². The van der Waals surface area contributed by atoms with E-state index in [2.05, 4.69) is 16.7 Å². The molecule has 0 aromatic heterocycles. The fourth-order valence-electron chi connectivity index (χ4n) is 1.94. The van der Waals surface area contributed by atoms with Gasteiger partial charge in [-0.2, -0.15) is 0 Å². The Labute approximate surface area is 125 Å². The highest BCUT2D eigenvalue weighted by Gasteiger charge is 2.01. The van der Waals surface area contributed by atoms with Crippen LogP contribution in [0.5, 0.6) is 0 Å². The first-order valence-electron chi connectivity index (χ1n) is 7.07. The summed E-state index contributed by atoms with van der Waals surface area (Å²) in [4.78, 5) is 11.5. The van der Waals surface area contributed by atoms with E-state index >= 15 is 0 Å². The molecule has 112 valence electrons. The molecule has 0 spiro atoms. The summed E-state index contributed by atoms with van der Waals surface area (Å²) < 4.78 is 0. The van der Waals surface area contributed by atoms with E-state index < -0.39 is 0 Å². The van der Waals surface area contributed by atoms with Gasteiger partial charge in [0.1, 0.15) is 0 Å². The Kier molecular flexibility index (Phi) is 8.83. The van der Waals surface area contributed by atoms with Crippen LogP contribution in [0.15, 0.2) is 24.3 Å². The number of rotatable bonds is 9. The molecule has 1 aromatic carbocycles. The number of halogens is 1. The maximum Gasteiger partial charge on any atom is 0.319 e. The van der Waals surface area contributed by atoms with Crippen molar-refractivity contribution in [1.29, 1.82) is 0 Å². The summed E-state index contributed by atoms with van der Waals surface area (Å²) in [6, 6.07) is 7.64. The number of anilines is 1. The van der Waals surface area contributed by atoms with Crippen molar-refractivity contribution in [1.82, 2.24) is 5.32 Å². The lowest BCUT2D eigenvalue weighted by Gasteiger charge is -2.08. The van der Waals surface area contributed by atoms with E-state index in [1.165, 1.54) is 5.56 Å². The first-order valence-corrected chi connectivity index (χ1v) is 7.60. The topological polar surface area (TPSA) is 61.4 Å². The van der Waals surface area contributed by atoms with Gasteiger partial charge in [0.15, 0.2) is 0 Å². The summed E-state index contributed by atoms with van der Waals surface area (Å²) in [7, 11) is 0. The van der Waals surface area contributed by atoms with Crippen LogP contribution in [0.4, 0.5) is 10.5 Å². The average molecular weight is 299 g/mol. The molecule has 1 aromatic rings. The second-order valence-electron chi connectivity index (χ2n) is 4.66.